The molecule has 0 atom stereocenters. The van der Waals surface area contributed by atoms with Gasteiger partial charge in [-0.15, -0.1) is 0 Å². The summed E-state index contributed by atoms with van der Waals surface area (Å²) in [4.78, 5) is 28.8. The topological polar surface area (TPSA) is 93.5 Å². The summed E-state index contributed by atoms with van der Waals surface area (Å²) in [6.07, 6.45) is 0.939. The zero-order valence-electron chi connectivity index (χ0n) is 7.13. The maximum absolute atomic E-state index is 10.5. The summed E-state index contributed by atoms with van der Waals surface area (Å²) in [6.45, 7) is 0. The largest absolute Gasteiger partial charge is 0.398 e. The van der Waals surface area contributed by atoms with Crippen molar-refractivity contribution in [3.05, 3.63) is 5.82 Å². The number of carbonyl (C=O) groups excluding carboxylic acids is 2. The number of oxime groups is 1. The van der Waals surface area contributed by atoms with Gasteiger partial charge in [0.25, 0.3) is 0 Å². The van der Waals surface area contributed by atoms with Gasteiger partial charge in [0.1, 0.15) is 7.11 Å². The van der Waals surface area contributed by atoms with Crippen LogP contribution in [-0.4, -0.2) is 34.9 Å². The molecule has 0 saturated heterocycles. The van der Waals surface area contributed by atoms with Crippen molar-refractivity contribution in [2.75, 3.05) is 12.4 Å². The lowest BCUT2D eigenvalue weighted by Crippen LogP contribution is -2.05. The minimum Gasteiger partial charge on any atom is -0.398 e. The number of rotatable bonds is 5. The molecule has 0 unspecified atom stereocenters. The number of hydrogen-bond donors (Lipinski definition) is 1. The van der Waals surface area contributed by atoms with Crippen molar-refractivity contribution in [2.24, 2.45) is 5.16 Å². The maximum atomic E-state index is 10.5. The van der Waals surface area contributed by atoms with Gasteiger partial charge < -0.3 is 10.2 Å². The van der Waals surface area contributed by atoms with Gasteiger partial charge in [-0.25, -0.2) is 0 Å². The fourth-order valence-electron chi connectivity index (χ4n) is 0.650. The molecule has 8 heteroatoms. The average Bonchev–Trinajstić information content (AvgIpc) is 2.63. The van der Waals surface area contributed by atoms with Gasteiger partial charge in [-0.2, -0.15) is 9.36 Å². The molecule has 0 aliphatic heterocycles. The van der Waals surface area contributed by atoms with Gasteiger partial charge >= 0.3 is 0 Å². The molecule has 7 nitrogen and oxygen atoms in total. The highest BCUT2D eigenvalue weighted by Crippen LogP contribution is 2.09. The number of amides is 1. The van der Waals surface area contributed by atoms with Crippen LogP contribution in [-0.2, 0) is 14.4 Å². The number of aromatic nitrogens is 2. The van der Waals surface area contributed by atoms with Crippen molar-refractivity contribution in [2.45, 2.75) is 0 Å². The number of nitrogens with zero attached hydrogens (tertiary/aromatic N) is 3. The van der Waals surface area contributed by atoms with E-state index < -0.39 is 0 Å². The molecule has 0 spiro atoms. The first-order chi connectivity index (χ1) is 6.81. The van der Waals surface area contributed by atoms with Gasteiger partial charge in [0.15, 0.2) is 17.8 Å². The summed E-state index contributed by atoms with van der Waals surface area (Å²) in [6, 6.07) is 0. The van der Waals surface area contributed by atoms with Crippen LogP contribution >= 0.6 is 11.5 Å². The fourth-order valence-corrected chi connectivity index (χ4v) is 1.19. The molecule has 0 radical (unpaired) electrons. The summed E-state index contributed by atoms with van der Waals surface area (Å²) in [5.41, 5.74) is -0.0253. The summed E-state index contributed by atoms with van der Waals surface area (Å²) in [7, 11) is 1.31. The molecule has 1 aromatic heterocycles. The van der Waals surface area contributed by atoms with Crippen LogP contribution in [0.3, 0.4) is 0 Å². The van der Waals surface area contributed by atoms with E-state index in [-0.39, 0.29) is 11.5 Å². The van der Waals surface area contributed by atoms with Crippen molar-refractivity contribution in [3.8, 4) is 0 Å². The SMILES string of the molecule is CON=C(C=O)c1nsc(NC=O)n1. The molecule has 74 valence electrons. The average molecular weight is 214 g/mol. The highest BCUT2D eigenvalue weighted by Gasteiger charge is 2.10. The van der Waals surface area contributed by atoms with Crippen LogP contribution in [0.4, 0.5) is 5.13 Å². The van der Waals surface area contributed by atoms with Crippen molar-refractivity contribution < 1.29 is 14.4 Å². The van der Waals surface area contributed by atoms with E-state index in [4.69, 9.17) is 0 Å². The Morgan fingerprint density at radius 2 is 2.43 bits per heavy atom. The zero-order valence-corrected chi connectivity index (χ0v) is 7.95. The van der Waals surface area contributed by atoms with Crippen LogP contribution in [0.25, 0.3) is 0 Å². The Bertz CT molecular complexity index is 362. The van der Waals surface area contributed by atoms with Gasteiger partial charge in [-0.1, -0.05) is 5.16 Å². The molecule has 0 aliphatic rings. The van der Waals surface area contributed by atoms with Gasteiger partial charge in [-0.3, -0.25) is 9.59 Å². The van der Waals surface area contributed by atoms with E-state index in [1.54, 1.807) is 0 Å². The minimum atomic E-state index is -0.0253. The first kappa shape index (κ1) is 10.3. The van der Waals surface area contributed by atoms with E-state index in [9.17, 15) is 9.59 Å². The molecule has 1 rings (SSSR count). The molecule has 0 fully saturated rings. The molecular weight excluding hydrogens is 208 g/mol. The summed E-state index contributed by atoms with van der Waals surface area (Å²) >= 11 is 0.945. The standard InChI is InChI=1S/C6H6N4O3S/c1-13-9-4(2-11)5-8-6(7-3-12)14-10-5/h2-3H,1H3,(H,7,8,10,12). The Kier molecular flexibility index (Phi) is 3.68. The third kappa shape index (κ3) is 2.33. The maximum Gasteiger partial charge on any atom is 0.213 e. The van der Waals surface area contributed by atoms with Crippen LogP contribution < -0.4 is 5.32 Å². The van der Waals surface area contributed by atoms with E-state index in [0.29, 0.717) is 17.8 Å². The molecule has 0 bridgehead atoms. The predicted octanol–water partition coefficient (Wildman–Crippen LogP) is -0.344. The second-order valence-electron chi connectivity index (χ2n) is 1.96. The molecule has 0 aromatic carbocycles. The Morgan fingerprint density at radius 1 is 1.64 bits per heavy atom. The van der Waals surface area contributed by atoms with E-state index in [0.717, 1.165) is 11.5 Å². The molecular formula is C6H6N4O3S. The second-order valence-corrected chi connectivity index (χ2v) is 2.71. The van der Waals surface area contributed by atoms with Crippen molar-refractivity contribution in [3.63, 3.8) is 0 Å². The van der Waals surface area contributed by atoms with Crippen LogP contribution in [0.2, 0.25) is 0 Å². The number of aldehydes is 1. The number of carbonyl (C=O) groups is 2. The van der Waals surface area contributed by atoms with Gasteiger partial charge in [0, 0.05) is 11.5 Å². The summed E-state index contributed by atoms with van der Waals surface area (Å²) < 4.78 is 3.79. The summed E-state index contributed by atoms with van der Waals surface area (Å²) in [5, 5.41) is 5.99. The van der Waals surface area contributed by atoms with Crippen molar-refractivity contribution >= 4 is 35.1 Å². The highest BCUT2D eigenvalue weighted by atomic mass is 32.1. The first-order valence-electron chi connectivity index (χ1n) is 3.42. The Balaban J connectivity index is 2.88. The lowest BCUT2D eigenvalue weighted by molar-refractivity contribution is -0.105. The van der Waals surface area contributed by atoms with Crippen molar-refractivity contribution in [1.29, 1.82) is 0 Å². The highest BCUT2D eigenvalue weighted by molar-refractivity contribution is 7.10. The van der Waals surface area contributed by atoms with Crippen LogP contribution in [0.15, 0.2) is 5.16 Å². The second kappa shape index (κ2) is 5.02. The molecule has 1 N–H and O–H groups in total. The van der Waals surface area contributed by atoms with Gasteiger partial charge in [0.05, 0.1) is 0 Å². The molecule has 1 amide bonds. The molecule has 0 aliphatic carbocycles. The molecule has 1 heterocycles. The van der Waals surface area contributed by atoms with E-state index in [2.05, 4.69) is 24.7 Å². The number of nitrogens with one attached hydrogen (secondary N) is 1. The van der Waals surface area contributed by atoms with Crippen LogP contribution in [0.1, 0.15) is 5.82 Å². The molecule has 14 heavy (non-hydrogen) atoms. The monoisotopic (exact) mass is 214 g/mol. The Morgan fingerprint density at radius 3 is 3.00 bits per heavy atom. The molecule has 0 saturated carbocycles. The van der Waals surface area contributed by atoms with E-state index >= 15 is 0 Å². The zero-order chi connectivity index (χ0) is 10.4. The van der Waals surface area contributed by atoms with E-state index in [1.165, 1.54) is 7.11 Å². The van der Waals surface area contributed by atoms with Gasteiger partial charge in [-0.05, 0) is 0 Å². The smallest absolute Gasteiger partial charge is 0.213 e. The Hall–Kier alpha value is -1.83. The van der Waals surface area contributed by atoms with Gasteiger partial charge in [0.2, 0.25) is 11.5 Å². The quantitative estimate of drug-likeness (QED) is 0.411. The number of hydrogen-bond acceptors (Lipinski definition) is 7. The third-order valence-corrected chi connectivity index (χ3v) is 1.79. The normalized spacial score (nSPS) is 10.8. The fraction of sp³-hybridized carbons (Fsp3) is 0.167. The predicted molar refractivity (Wildman–Crippen MR) is 49.2 cm³/mol. The number of anilines is 1. The summed E-state index contributed by atoms with van der Waals surface area (Å²) in [5.74, 6) is 0.121. The van der Waals surface area contributed by atoms with Crippen LogP contribution in [0.5, 0.6) is 0 Å². The van der Waals surface area contributed by atoms with E-state index in [1.807, 2.05) is 0 Å². The first-order valence-corrected chi connectivity index (χ1v) is 4.19. The minimum absolute atomic E-state index is 0.0253. The third-order valence-electron chi connectivity index (χ3n) is 1.14. The Labute approximate surface area is 82.9 Å². The lowest BCUT2D eigenvalue weighted by atomic mass is 10.4. The van der Waals surface area contributed by atoms with Crippen molar-refractivity contribution in [1.82, 2.24) is 9.36 Å². The lowest BCUT2D eigenvalue weighted by Gasteiger charge is -1.89. The molecule has 1 aromatic rings. The van der Waals surface area contributed by atoms with Crippen LogP contribution in [0, 0.1) is 0 Å².